The molecule has 0 bridgehead atoms. The number of primary amides is 1. The summed E-state index contributed by atoms with van der Waals surface area (Å²) in [6.07, 6.45) is 16.4. The summed E-state index contributed by atoms with van der Waals surface area (Å²) in [4.78, 5) is 122. The van der Waals surface area contributed by atoms with Gasteiger partial charge in [-0.15, -0.1) is 0 Å². The van der Waals surface area contributed by atoms with Crippen LogP contribution in [0.2, 0.25) is 0 Å². The fourth-order valence-corrected chi connectivity index (χ4v) is 16.0. The Morgan fingerprint density at radius 3 is 1.87 bits per heavy atom. The van der Waals surface area contributed by atoms with Crippen molar-refractivity contribution in [3.8, 4) is 5.75 Å². The second kappa shape index (κ2) is 34.8. The van der Waals surface area contributed by atoms with E-state index in [9.17, 15) is 43.5 Å². The van der Waals surface area contributed by atoms with E-state index < -0.39 is 89.7 Å². The highest BCUT2D eigenvalue weighted by Gasteiger charge is 2.59. The largest absolute Gasteiger partial charge is 0.508 e. The van der Waals surface area contributed by atoms with Gasteiger partial charge in [-0.2, -0.15) is 0 Å². The van der Waals surface area contributed by atoms with Gasteiger partial charge in [-0.25, -0.2) is 4.79 Å². The van der Waals surface area contributed by atoms with Crippen LogP contribution >= 0.6 is 0 Å². The van der Waals surface area contributed by atoms with Crippen molar-refractivity contribution in [2.75, 3.05) is 19.6 Å². The number of ether oxygens (including phenoxy) is 1. The number of nitrogens with zero attached hydrogens (tertiary/aromatic N) is 3. The third kappa shape index (κ3) is 20.9. The highest BCUT2D eigenvalue weighted by Crippen LogP contribution is 2.67. The second-order valence-corrected chi connectivity index (χ2v) is 28.9. The smallest absolute Gasteiger partial charge is 0.408 e. The number of amides is 8. The quantitative estimate of drug-likeness (QED) is 0.0170. The summed E-state index contributed by atoms with van der Waals surface area (Å²) in [5.74, 6) is -0.668. The summed E-state index contributed by atoms with van der Waals surface area (Å²) in [6, 6.07) is -2.15. The molecule has 1 aromatic rings. The van der Waals surface area contributed by atoms with Gasteiger partial charge >= 0.3 is 6.09 Å². The first-order valence-corrected chi connectivity index (χ1v) is 34.7. The first kappa shape index (κ1) is 74.9. The maximum absolute atomic E-state index is 14.8. The van der Waals surface area contributed by atoms with E-state index in [1.165, 1.54) is 74.5 Å². The zero-order chi connectivity index (χ0) is 68.3. The summed E-state index contributed by atoms with van der Waals surface area (Å²) >= 11 is 0. The van der Waals surface area contributed by atoms with Gasteiger partial charge in [-0.3, -0.25) is 43.5 Å². The number of aliphatic imine (C=N–C) groups is 2. The van der Waals surface area contributed by atoms with Crippen LogP contribution in [-0.2, 0) is 44.7 Å². The second-order valence-electron chi connectivity index (χ2n) is 28.9. The molecule has 1 aliphatic heterocycles. The van der Waals surface area contributed by atoms with Crippen molar-refractivity contribution in [3.05, 3.63) is 41.5 Å². The highest BCUT2D eigenvalue weighted by atomic mass is 16.6. The number of hydrogen-bond acceptors (Lipinski definition) is 12. The summed E-state index contributed by atoms with van der Waals surface area (Å²) in [7, 11) is 0. The van der Waals surface area contributed by atoms with Crippen LogP contribution in [0.25, 0.3) is 0 Å². The zero-order valence-corrected chi connectivity index (χ0v) is 57.1. The van der Waals surface area contributed by atoms with Crippen LogP contribution in [0, 0.1) is 52.3 Å². The molecule has 24 nitrogen and oxygen atoms in total. The Balaban J connectivity index is 1.12. The maximum atomic E-state index is 14.8. The van der Waals surface area contributed by atoms with Crippen LogP contribution in [0.15, 0.2) is 45.9 Å². The van der Waals surface area contributed by atoms with Gasteiger partial charge in [0, 0.05) is 32.5 Å². The Morgan fingerprint density at radius 1 is 0.634 bits per heavy atom. The van der Waals surface area contributed by atoms with Crippen molar-refractivity contribution in [3.63, 3.8) is 0 Å². The van der Waals surface area contributed by atoms with E-state index in [0.29, 0.717) is 67.8 Å². The van der Waals surface area contributed by atoms with Crippen molar-refractivity contribution in [1.82, 2.24) is 36.8 Å². The number of allylic oxidation sites excluding steroid dienone is 1. The molecular weight excluding hydrogens is 1180 g/mol. The number of aromatic hydroxyl groups is 1. The first-order chi connectivity index (χ1) is 44.0. The number of fused-ring (bicyclic) bond motifs is 5. The number of nitrogens with one attached hydrogen (secondary N) is 6. The number of phenols is 1. The molecule has 520 valence electrons. The SMILES string of the molecule is CCC[C@H](NC(=O)[C@H](CCCN=C(N)N)NC(=O)[C@@H]1CCCN1C(=O)[C@H](CCCN=C(N)N)NC(=O)OC1CC[C@@]2(C)C(=CC[C@H]3[C@@H]4CC[C@H]([C@H](C)CCCC(C)C)[C@@]4(C)CC[C@@H]32)C1)C(=O)N[C@@H](Cc1ccc(O)cc1)C(=O)N[C@@H](C)C(=O)N[C@@H](CCC(C)C)C(N)=O. The Morgan fingerprint density at radius 2 is 1.25 bits per heavy atom. The van der Waals surface area contributed by atoms with Crippen molar-refractivity contribution in [1.29, 1.82) is 0 Å². The van der Waals surface area contributed by atoms with E-state index in [1.54, 1.807) is 19.1 Å². The van der Waals surface area contributed by atoms with E-state index in [4.69, 9.17) is 33.4 Å². The first-order valence-electron chi connectivity index (χ1n) is 34.7. The highest BCUT2D eigenvalue weighted by molar-refractivity contribution is 5.97. The van der Waals surface area contributed by atoms with Gasteiger partial charge in [0.25, 0.3) is 0 Å². The van der Waals surface area contributed by atoms with Crippen molar-refractivity contribution < 1.29 is 48.2 Å². The van der Waals surface area contributed by atoms with Gasteiger partial charge in [-0.1, -0.05) is 105 Å². The number of phenolic OH excluding ortho intramolecular Hbond substituents is 1. The van der Waals surface area contributed by atoms with Crippen LogP contribution in [0.3, 0.4) is 0 Å². The lowest BCUT2D eigenvalue weighted by Crippen LogP contribution is -2.60. The molecule has 17 N–H and O–H groups in total. The Kier molecular flexibility index (Phi) is 28.1. The number of guanidine groups is 2. The number of nitrogens with two attached hydrogens (primary N) is 5. The molecule has 0 aromatic heterocycles. The standard InChI is InChI=1S/C69H114N14O10/c1-10-15-53(60(87)81-56(38-44-22-25-46(84)26-23-44)62(89)77-43(7)59(86)78-52(58(70)85)30-21-41(4)5)79-61(88)54(18-12-35-75-65(71)72)80-63(90)57-20-14-37-83(57)64(91)55(19-13-36-76-66(73)74)82-67(92)93-47-31-33-68(8)45(39-47)24-27-48-50-29-28-49(42(6)17-11-16-40(2)3)69(50,9)34-32-51(48)68/h22-26,40-43,47-57,84H,10-21,27-39H2,1-9H3,(H2,70,85)(H,77,89)(H,78,86)(H,79,88)(H,80,90)(H,81,87)(H,82,92)(H4,71,72,75)(H4,73,74,76)/t42-,43+,47?,48+,49-,50+,51+,52+,53+,54+,55+,56+,57+,68+,69-/m1/s1. The van der Waals surface area contributed by atoms with Gasteiger partial charge in [0.1, 0.15) is 54.1 Å². The van der Waals surface area contributed by atoms with Crippen molar-refractivity contribution in [2.45, 2.75) is 252 Å². The van der Waals surface area contributed by atoms with Gasteiger partial charge in [0.2, 0.25) is 41.4 Å². The summed E-state index contributed by atoms with van der Waals surface area (Å²) in [5, 5.41) is 26.5. The lowest BCUT2D eigenvalue weighted by Gasteiger charge is -2.58. The molecule has 5 aliphatic rings. The van der Waals surface area contributed by atoms with Crippen molar-refractivity contribution >= 4 is 59.4 Å². The fraction of sp³-hybridized carbons (Fsp3) is 0.739. The van der Waals surface area contributed by atoms with Gasteiger partial charge in [0.15, 0.2) is 11.9 Å². The topological polar surface area (TPSA) is 396 Å². The molecule has 93 heavy (non-hydrogen) atoms. The predicted molar refractivity (Wildman–Crippen MR) is 360 cm³/mol. The molecule has 4 fully saturated rings. The molecule has 15 atom stereocenters. The Bertz CT molecular complexity index is 2800. The lowest BCUT2D eigenvalue weighted by atomic mass is 9.47. The normalized spacial score (nSPS) is 25.4. The minimum atomic E-state index is -1.31. The molecule has 0 radical (unpaired) electrons. The van der Waals surface area contributed by atoms with Crippen molar-refractivity contribution in [2.24, 2.45) is 90.9 Å². The average Bonchev–Trinajstić information content (AvgIpc) is 1.70. The van der Waals surface area contributed by atoms with E-state index >= 15 is 0 Å². The van der Waals surface area contributed by atoms with Crippen LogP contribution in [-0.4, -0.2) is 137 Å². The predicted octanol–water partition coefficient (Wildman–Crippen LogP) is 5.70. The molecule has 6 rings (SSSR count). The van der Waals surface area contributed by atoms with Crippen LogP contribution in [0.5, 0.6) is 5.75 Å². The summed E-state index contributed by atoms with van der Waals surface area (Å²) in [5.41, 5.74) is 30.5. The van der Waals surface area contributed by atoms with Gasteiger partial charge < -0.3 is 75.3 Å². The van der Waals surface area contributed by atoms with Gasteiger partial charge in [0.05, 0.1) is 0 Å². The van der Waals surface area contributed by atoms with Gasteiger partial charge in [-0.05, 0) is 180 Å². The number of carbonyl (C=O) groups is 8. The Hall–Kier alpha value is -7.14. The number of alkyl carbamates (subject to hydrolysis) is 1. The summed E-state index contributed by atoms with van der Waals surface area (Å²) in [6.45, 7) is 19.8. The van der Waals surface area contributed by atoms with E-state index in [0.717, 1.165) is 36.5 Å². The van der Waals surface area contributed by atoms with E-state index in [2.05, 4.69) is 82.6 Å². The molecule has 0 spiro atoms. The minimum Gasteiger partial charge on any atom is -0.508 e. The lowest BCUT2D eigenvalue weighted by molar-refractivity contribution is -0.141. The van der Waals surface area contributed by atoms with E-state index in [-0.39, 0.29) is 93.3 Å². The van der Waals surface area contributed by atoms with Crippen LogP contribution in [0.1, 0.15) is 203 Å². The number of rotatable bonds is 34. The molecular formula is C69H114N14O10. The molecule has 1 saturated heterocycles. The number of hydrogen-bond donors (Lipinski definition) is 12. The molecule has 3 saturated carbocycles. The molecule has 8 amide bonds. The van der Waals surface area contributed by atoms with E-state index in [1.807, 2.05) is 13.8 Å². The third-order valence-electron chi connectivity index (χ3n) is 21.2. The summed E-state index contributed by atoms with van der Waals surface area (Å²) < 4.78 is 6.22. The maximum Gasteiger partial charge on any atom is 0.408 e. The molecule has 1 aromatic carbocycles. The fourth-order valence-electron chi connectivity index (χ4n) is 16.0. The zero-order valence-electron chi connectivity index (χ0n) is 57.1. The van der Waals surface area contributed by atoms with Crippen LogP contribution in [0.4, 0.5) is 4.79 Å². The monoisotopic (exact) mass is 1300 g/mol. The third-order valence-corrected chi connectivity index (χ3v) is 21.2. The number of carbonyl (C=O) groups excluding carboxylic acids is 8. The average molecular weight is 1300 g/mol. The Labute approximate surface area is 551 Å². The molecule has 24 heteroatoms. The molecule has 1 unspecified atom stereocenters. The number of likely N-dealkylation sites (tertiary alicyclic amines) is 1. The number of benzene rings is 1. The molecule has 1 heterocycles. The molecule has 4 aliphatic carbocycles. The van der Waals surface area contributed by atoms with Crippen LogP contribution < -0.4 is 60.6 Å². The minimum absolute atomic E-state index is 0.00711.